The minimum Gasteiger partial charge on any atom is -0.345 e. The SMILES string of the molecule is CSCCC(NC(C)=O)C(=O)NCc1nc(-c2cnn(C)c2)no1. The average molecular weight is 352 g/mol. The molecule has 2 N–H and O–H groups in total. The lowest BCUT2D eigenvalue weighted by Crippen LogP contribution is -2.46. The number of hydrogen-bond donors (Lipinski definition) is 2. The fourth-order valence-electron chi connectivity index (χ4n) is 2.02. The van der Waals surface area contributed by atoms with E-state index in [1.807, 2.05) is 6.26 Å². The van der Waals surface area contributed by atoms with Crippen molar-refractivity contribution in [2.24, 2.45) is 7.05 Å². The summed E-state index contributed by atoms with van der Waals surface area (Å²) in [6, 6.07) is -0.573. The van der Waals surface area contributed by atoms with Crippen LogP contribution in [0.2, 0.25) is 0 Å². The van der Waals surface area contributed by atoms with Crippen molar-refractivity contribution in [1.82, 2.24) is 30.6 Å². The molecule has 0 aliphatic heterocycles. The number of aryl methyl sites for hydroxylation is 1. The van der Waals surface area contributed by atoms with E-state index in [0.717, 1.165) is 11.3 Å². The topological polar surface area (TPSA) is 115 Å². The zero-order valence-corrected chi connectivity index (χ0v) is 14.6. The lowest BCUT2D eigenvalue weighted by atomic mass is 10.2. The summed E-state index contributed by atoms with van der Waals surface area (Å²) in [5, 5.41) is 13.2. The van der Waals surface area contributed by atoms with E-state index < -0.39 is 6.04 Å². The monoisotopic (exact) mass is 352 g/mol. The van der Waals surface area contributed by atoms with Crippen LogP contribution in [-0.4, -0.2) is 49.8 Å². The second kappa shape index (κ2) is 8.48. The van der Waals surface area contributed by atoms with Crippen LogP contribution >= 0.6 is 11.8 Å². The Balaban J connectivity index is 1.92. The Morgan fingerprint density at radius 1 is 1.46 bits per heavy atom. The molecule has 24 heavy (non-hydrogen) atoms. The molecule has 0 aliphatic rings. The van der Waals surface area contributed by atoms with E-state index in [-0.39, 0.29) is 24.2 Å². The van der Waals surface area contributed by atoms with E-state index >= 15 is 0 Å². The summed E-state index contributed by atoms with van der Waals surface area (Å²) >= 11 is 1.61. The molecule has 2 rings (SSSR count). The highest BCUT2D eigenvalue weighted by Crippen LogP contribution is 2.13. The zero-order chi connectivity index (χ0) is 17.5. The van der Waals surface area contributed by atoms with Crippen LogP contribution in [0, 0.1) is 0 Å². The summed E-state index contributed by atoms with van der Waals surface area (Å²) in [7, 11) is 1.79. The summed E-state index contributed by atoms with van der Waals surface area (Å²) < 4.78 is 6.75. The van der Waals surface area contributed by atoms with Gasteiger partial charge in [0.2, 0.25) is 23.5 Å². The van der Waals surface area contributed by atoms with Crippen molar-refractivity contribution >= 4 is 23.6 Å². The average Bonchev–Trinajstić information content (AvgIpc) is 3.17. The van der Waals surface area contributed by atoms with Gasteiger partial charge in [-0.25, -0.2) is 0 Å². The Kier molecular flexibility index (Phi) is 6.36. The highest BCUT2D eigenvalue weighted by molar-refractivity contribution is 7.98. The van der Waals surface area contributed by atoms with Gasteiger partial charge in [-0.2, -0.15) is 21.8 Å². The van der Waals surface area contributed by atoms with Crippen molar-refractivity contribution in [2.75, 3.05) is 12.0 Å². The summed E-state index contributed by atoms with van der Waals surface area (Å²) in [5.74, 6) is 0.944. The largest absolute Gasteiger partial charge is 0.345 e. The molecule has 0 aromatic carbocycles. The van der Waals surface area contributed by atoms with Crippen molar-refractivity contribution in [3.63, 3.8) is 0 Å². The Hall–Kier alpha value is -2.36. The summed E-state index contributed by atoms with van der Waals surface area (Å²) in [6.45, 7) is 1.49. The molecule has 2 aromatic heterocycles. The maximum absolute atomic E-state index is 12.2. The molecule has 130 valence electrons. The third-order valence-electron chi connectivity index (χ3n) is 3.15. The van der Waals surface area contributed by atoms with Crippen LogP contribution < -0.4 is 10.6 Å². The number of nitrogens with zero attached hydrogens (tertiary/aromatic N) is 4. The first kappa shape index (κ1) is 18.0. The Morgan fingerprint density at radius 2 is 2.25 bits per heavy atom. The van der Waals surface area contributed by atoms with Crippen molar-refractivity contribution in [3.05, 3.63) is 18.3 Å². The predicted molar refractivity (Wildman–Crippen MR) is 89.0 cm³/mol. The Labute approximate surface area is 143 Å². The van der Waals surface area contributed by atoms with Gasteiger partial charge in [0, 0.05) is 20.2 Å². The van der Waals surface area contributed by atoms with Crippen LogP contribution in [0.1, 0.15) is 19.2 Å². The van der Waals surface area contributed by atoms with Crippen LogP contribution in [0.25, 0.3) is 11.4 Å². The van der Waals surface area contributed by atoms with Crippen molar-refractivity contribution < 1.29 is 14.1 Å². The molecular weight excluding hydrogens is 332 g/mol. The van der Waals surface area contributed by atoms with Gasteiger partial charge < -0.3 is 15.2 Å². The molecule has 0 spiro atoms. The van der Waals surface area contributed by atoms with Crippen molar-refractivity contribution in [3.8, 4) is 11.4 Å². The summed E-state index contributed by atoms with van der Waals surface area (Å²) in [6.07, 6.45) is 5.89. The fraction of sp³-hybridized carbons (Fsp3) is 0.500. The van der Waals surface area contributed by atoms with E-state index in [0.29, 0.717) is 12.2 Å². The molecule has 0 radical (unpaired) electrons. The van der Waals surface area contributed by atoms with E-state index in [9.17, 15) is 9.59 Å². The standard InChI is InChI=1S/C14H20N6O3S/c1-9(21)17-11(4-5-24-3)14(22)15-7-12-18-13(19-23-12)10-6-16-20(2)8-10/h6,8,11H,4-5,7H2,1-3H3,(H,15,22)(H,17,21). The second-order valence-corrected chi connectivity index (χ2v) is 6.15. The van der Waals surface area contributed by atoms with Crippen LogP contribution in [0.3, 0.4) is 0 Å². The van der Waals surface area contributed by atoms with E-state index in [2.05, 4.69) is 25.9 Å². The molecule has 0 aliphatic carbocycles. The molecule has 0 saturated carbocycles. The molecule has 10 heteroatoms. The summed E-state index contributed by atoms with van der Waals surface area (Å²) in [5.41, 5.74) is 0.731. The van der Waals surface area contributed by atoms with Crippen LogP contribution in [-0.2, 0) is 23.2 Å². The molecule has 0 saturated heterocycles. The van der Waals surface area contributed by atoms with E-state index in [1.165, 1.54) is 6.92 Å². The predicted octanol–water partition coefficient (Wildman–Crippen LogP) is 0.344. The molecule has 2 amide bonds. The number of aromatic nitrogens is 4. The number of rotatable bonds is 8. The maximum atomic E-state index is 12.2. The third-order valence-corrected chi connectivity index (χ3v) is 3.79. The lowest BCUT2D eigenvalue weighted by Gasteiger charge is -2.16. The lowest BCUT2D eigenvalue weighted by molar-refractivity contribution is -0.128. The number of carbonyl (C=O) groups excluding carboxylic acids is 2. The molecule has 9 nitrogen and oxygen atoms in total. The van der Waals surface area contributed by atoms with Crippen LogP contribution in [0.5, 0.6) is 0 Å². The van der Waals surface area contributed by atoms with Gasteiger partial charge in [0.15, 0.2) is 0 Å². The molecule has 1 atom stereocenters. The smallest absolute Gasteiger partial charge is 0.246 e. The fourth-order valence-corrected chi connectivity index (χ4v) is 2.49. The number of nitrogens with one attached hydrogen (secondary N) is 2. The van der Waals surface area contributed by atoms with Gasteiger partial charge in [0.05, 0.1) is 18.3 Å². The third kappa shape index (κ3) is 5.08. The number of hydrogen-bond acceptors (Lipinski definition) is 7. The number of thioether (sulfide) groups is 1. The number of amides is 2. The minimum absolute atomic E-state index is 0.0987. The van der Waals surface area contributed by atoms with Gasteiger partial charge in [0.1, 0.15) is 6.04 Å². The highest BCUT2D eigenvalue weighted by Gasteiger charge is 2.19. The zero-order valence-electron chi connectivity index (χ0n) is 13.8. The van der Waals surface area contributed by atoms with Gasteiger partial charge >= 0.3 is 0 Å². The van der Waals surface area contributed by atoms with Gasteiger partial charge in [0.25, 0.3) is 0 Å². The minimum atomic E-state index is -0.573. The van der Waals surface area contributed by atoms with Crippen LogP contribution in [0.4, 0.5) is 0 Å². The molecule has 2 heterocycles. The van der Waals surface area contributed by atoms with E-state index in [1.54, 1.807) is 35.9 Å². The van der Waals surface area contributed by atoms with Crippen molar-refractivity contribution in [2.45, 2.75) is 25.9 Å². The first-order valence-electron chi connectivity index (χ1n) is 7.35. The first-order valence-corrected chi connectivity index (χ1v) is 8.74. The quantitative estimate of drug-likeness (QED) is 0.704. The van der Waals surface area contributed by atoms with E-state index in [4.69, 9.17) is 4.52 Å². The Morgan fingerprint density at radius 3 is 2.88 bits per heavy atom. The number of carbonyl (C=O) groups is 2. The highest BCUT2D eigenvalue weighted by atomic mass is 32.2. The molecule has 0 fully saturated rings. The van der Waals surface area contributed by atoms with Gasteiger partial charge in [-0.15, -0.1) is 0 Å². The summed E-state index contributed by atoms with van der Waals surface area (Å²) in [4.78, 5) is 27.6. The normalized spacial score (nSPS) is 12.0. The van der Waals surface area contributed by atoms with Gasteiger partial charge in [-0.1, -0.05) is 5.16 Å². The van der Waals surface area contributed by atoms with Gasteiger partial charge in [-0.3, -0.25) is 14.3 Å². The molecule has 1 unspecified atom stereocenters. The molecule has 0 bridgehead atoms. The molecular formula is C14H20N6O3S. The maximum Gasteiger partial charge on any atom is 0.246 e. The first-order chi connectivity index (χ1) is 11.5. The Bertz CT molecular complexity index is 698. The van der Waals surface area contributed by atoms with Crippen molar-refractivity contribution in [1.29, 1.82) is 0 Å². The molecule has 2 aromatic rings. The van der Waals surface area contributed by atoms with Gasteiger partial charge in [-0.05, 0) is 18.4 Å². The second-order valence-electron chi connectivity index (χ2n) is 5.17. The van der Waals surface area contributed by atoms with Crippen LogP contribution in [0.15, 0.2) is 16.9 Å².